The number of likely N-dealkylation sites (N-methyl/N-ethyl adjacent to an activating group) is 1. The van der Waals surface area contributed by atoms with E-state index in [9.17, 15) is 4.79 Å². The summed E-state index contributed by atoms with van der Waals surface area (Å²) in [6.45, 7) is 2.50. The number of rotatable bonds is 7. The lowest BCUT2D eigenvalue weighted by Crippen LogP contribution is -2.59. The number of carbonyl (C=O) groups excluding carboxylic acids is 1. The van der Waals surface area contributed by atoms with Crippen molar-refractivity contribution in [1.82, 2.24) is 10.2 Å². The molecule has 0 radical (unpaired) electrons. The van der Waals surface area contributed by atoms with Crippen LogP contribution in [-0.4, -0.2) is 42.5 Å². The summed E-state index contributed by atoms with van der Waals surface area (Å²) >= 11 is 0. The van der Waals surface area contributed by atoms with Gasteiger partial charge in [-0.1, -0.05) is 0 Å². The van der Waals surface area contributed by atoms with Gasteiger partial charge in [-0.3, -0.25) is 9.69 Å². The number of hydrogen-bond acceptors (Lipinski definition) is 3. The number of carbonyl (C=O) groups is 1. The Labute approximate surface area is 122 Å². The van der Waals surface area contributed by atoms with Gasteiger partial charge >= 0.3 is 0 Å². The highest BCUT2D eigenvalue weighted by atomic mass is 16.1. The molecular weight excluding hydrogens is 250 g/mol. The van der Waals surface area contributed by atoms with Crippen LogP contribution in [0.2, 0.25) is 0 Å². The first kappa shape index (κ1) is 14.3. The van der Waals surface area contributed by atoms with Gasteiger partial charge in [-0.05, 0) is 70.3 Å². The zero-order valence-electron chi connectivity index (χ0n) is 12.7. The molecule has 0 heterocycles. The van der Waals surface area contributed by atoms with Crippen LogP contribution in [0.3, 0.4) is 0 Å². The van der Waals surface area contributed by atoms with Crippen LogP contribution in [0.1, 0.15) is 51.4 Å². The van der Waals surface area contributed by atoms with Gasteiger partial charge in [0.1, 0.15) is 0 Å². The van der Waals surface area contributed by atoms with E-state index in [2.05, 4.69) is 10.2 Å². The number of hydrogen-bond donors (Lipinski definition) is 2. The van der Waals surface area contributed by atoms with Crippen molar-refractivity contribution in [1.29, 1.82) is 0 Å². The van der Waals surface area contributed by atoms with E-state index in [4.69, 9.17) is 5.73 Å². The first-order valence-corrected chi connectivity index (χ1v) is 8.36. The fraction of sp³-hybridized carbons (Fsp3) is 0.938. The van der Waals surface area contributed by atoms with Crippen molar-refractivity contribution in [2.45, 2.75) is 62.9 Å². The Morgan fingerprint density at radius 3 is 2.25 bits per heavy atom. The molecule has 0 aromatic heterocycles. The number of nitrogens with one attached hydrogen (secondary N) is 1. The maximum absolute atomic E-state index is 11.9. The molecule has 2 unspecified atom stereocenters. The van der Waals surface area contributed by atoms with Crippen LogP contribution in [0.25, 0.3) is 0 Å². The average molecular weight is 279 g/mol. The molecule has 0 aromatic rings. The van der Waals surface area contributed by atoms with Crippen molar-refractivity contribution < 1.29 is 4.79 Å². The predicted octanol–water partition coefficient (Wildman–Crippen LogP) is 1.49. The summed E-state index contributed by atoms with van der Waals surface area (Å²) in [7, 11) is 1.89. The lowest BCUT2D eigenvalue weighted by atomic mass is 9.77. The second-order valence-corrected chi connectivity index (χ2v) is 7.29. The van der Waals surface area contributed by atoms with Crippen molar-refractivity contribution >= 4 is 5.91 Å². The highest BCUT2D eigenvalue weighted by Gasteiger charge is 2.43. The molecule has 0 saturated heterocycles. The Morgan fingerprint density at radius 1 is 1.20 bits per heavy atom. The van der Waals surface area contributed by atoms with Crippen LogP contribution in [-0.2, 0) is 4.79 Å². The van der Waals surface area contributed by atoms with Crippen molar-refractivity contribution in [3.63, 3.8) is 0 Å². The molecule has 3 saturated carbocycles. The molecule has 2 atom stereocenters. The summed E-state index contributed by atoms with van der Waals surface area (Å²) in [6, 6.07) is 0.546. The molecule has 3 aliphatic carbocycles. The van der Waals surface area contributed by atoms with E-state index in [-0.39, 0.29) is 5.91 Å². The molecule has 4 heteroatoms. The van der Waals surface area contributed by atoms with Crippen molar-refractivity contribution in [2.24, 2.45) is 17.6 Å². The topological polar surface area (TPSA) is 58.4 Å². The molecule has 3 aliphatic rings. The Hall–Kier alpha value is -0.610. The summed E-state index contributed by atoms with van der Waals surface area (Å²) in [5.74, 6) is 1.68. The minimum absolute atomic E-state index is 0.164. The molecule has 114 valence electrons. The Bertz CT molecular complexity index is 351. The number of amides is 1. The molecular formula is C16H29N3O. The van der Waals surface area contributed by atoms with E-state index in [1.807, 2.05) is 7.05 Å². The van der Waals surface area contributed by atoms with Crippen molar-refractivity contribution in [2.75, 3.05) is 20.1 Å². The van der Waals surface area contributed by atoms with Gasteiger partial charge in [0.2, 0.25) is 5.91 Å². The van der Waals surface area contributed by atoms with Crippen LogP contribution in [0.4, 0.5) is 0 Å². The first-order chi connectivity index (χ1) is 9.63. The van der Waals surface area contributed by atoms with Gasteiger partial charge in [0.15, 0.2) is 0 Å². The van der Waals surface area contributed by atoms with Crippen LogP contribution in [0, 0.1) is 11.8 Å². The standard InChI is InChI=1S/C16H29N3O/c1-18-16(15(17)20)8-2-3-14(9-16)19(10-12-4-5-12)11-13-6-7-13/h12-14,18H,2-11H2,1H3,(H2,17,20). The largest absolute Gasteiger partial charge is 0.368 e. The summed E-state index contributed by atoms with van der Waals surface area (Å²) < 4.78 is 0. The molecule has 3 rings (SSSR count). The van der Waals surface area contributed by atoms with Gasteiger partial charge < -0.3 is 11.1 Å². The smallest absolute Gasteiger partial charge is 0.237 e. The SMILES string of the molecule is CNC1(C(N)=O)CCCC(N(CC2CC2)CC2CC2)C1. The molecule has 0 spiro atoms. The van der Waals surface area contributed by atoms with E-state index in [0.717, 1.165) is 31.1 Å². The van der Waals surface area contributed by atoms with Crippen LogP contribution in [0.5, 0.6) is 0 Å². The highest BCUT2D eigenvalue weighted by molar-refractivity contribution is 5.84. The molecule has 3 N–H and O–H groups in total. The molecule has 4 nitrogen and oxygen atoms in total. The highest BCUT2D eigenvalue weighted by Crippen LogP contribution is 2.38. The van der Waals surface area contributed by atoms with E-state index in [1.165, 1.54) is 45.2 Å². The third-order valence-corrected chi connectivity index (χ3v) is 5.57. The lowest BCUT2D eigenvalue weighted by Gasteiger charge is -2.43. The maximum Gasteiger partial charge on any atom is 0.237 e. The summed E-state index contributed by atoms with van der Waals surface area (Å²) in [6.07, 6.45) is 9.76. The monoisotopic (exact) mass is 279 g/mol. The third kappa shape index (κ3) is 3.17. The fourth-order valence-corrected chi connectivity index (χ4v) is 3.77. The molecule has 0 aromatic carbocycles. The minimum atomic E-state index is -0.464. The third-order valence-electron chi connectivity index (χ3n) is 5.57. The molecule has 0 aliphatic heterocycles. The zero-order valence-corrected chi connectivity index (χ0v) is 12.7. The molecule has 3 fully saturated rings. The van der Waals surface area contributed by atoms with Gasteiger partial charge in [-0.25, -0.2) is 0 Å². The maximum atomic E-state index is 11.9. The number of nitrogens with zero attached hydrogens (tertiary/aromatic N) is 1. The van der Waals surface area contributed by atoms with Crippen LogP contribution >= 0.6 is 0 Å². The first-order valence-electron chi connectivity index (χ1n) is 8.36. The normalized spacial score (nSPS) is 34.4. The van der Waals surface area contributed by atoms with Crippen molar-refractivity contribution in [3.05, 3.63) is 0 Å². The molecule has 20 heavy (non-hydrogen) atoms. The van der Waals surface area contributed by atoms with Gasteiger partial charge in [-0.2, -0.15) is 0 Å². The quantitative estimate of drug-likeness (QED) is 0.742. The van der Waals surface area contributed by atoms with Gasteiger partial charge in [0.05, 0.1) is 5.54 Å². The van der Waals surface area contributed by atoms with Crippen LogP contribution in [0.15, 0.2) is 0 Å². The summed E-state index contributed by atoms with van der Waals surface area (Å²) in [5, 5.41) is 3.24. The lowest BCUT2D eigenvalue weighted by molar-refractivity contribution is -0.126. The molecule has 0 bridgehead atoms. The van der Waals surface area contributed by atoms with E-state index < -0.39 is 5.54 Å². The van der Waals surface area contributed by atoms with Crippen molar-refractivity contribution in [3.8, 4) is 0 Å². The van der Waals surface area contributed by atoms with E-state index in [0.29, 0.717) is 6.04 Å². The van der Waals surface area contributed by atoms with Gasteiger partial charge in [0, 0.05) is 19.1 Å². The summed E-state index contributed by atoms with van der Waals surface area (Å²) in [4.78, 5) is 14.6. The average Bonchev–Trinajstić information content (AvgIpc) is 3.33. The van der Waals surface area contributed by atoms with E-state index in [1.54, 1.807) is 0 Å². The predicted molar refractivity (Wildman–Crippen MR) is 80.3 cm³/mol. The second-order valence-electron chi connectivity index (χ2n) is 7.29. The Morgan fingerprint density at radius 2 is 1.80 bits per heavy atom. The number of nitrogens with two attached hydrogens (primary N) is 1. The van der Waals surface area contributed by atoms with Gasteiger partial charge in [0.25, 0.3) is 0 Å². The second kappa shape index (κ2) is 5.64. The van der Waals surface area contributed by atoms with E-state index >= 15 is 0 Å². The zero-order chi connectivity index (χ0) is 14.2. The fourth-order valence-electron chi connectivity index (χ4n) is 3.77. The van der Waals surface area contributed by atoms with Gasteiger partial charge in [-0.15, -0.1) is 0 Å². The minimum Gasteiger partial charge on any atom is -0.368 e. The Kier molecular flexibility index (Phi) is 4.04. The summed E-state index contributed by atoms with van der Waals surface area (Å²) in [5.41, 5.74) is 5.22. The van der Waals surface area contributed by atoms with Crippen LogP contribution < -0.4 is 11.1 Å². The number of primary amides is 1. The molecule has 1 amide bonds. The Balaban J connectivity index is 1.66.